The molecule has 1 N–H and O–H groups in total. The lowest BCUT2D eigenvalue weighted by Crippen LogP contribution is -2.29. The first kappa shape index (κ1) is 28.0. The highest BCUT2D eigenvalue weighted by atomic mass is 35.5. The molecule has 0 saturated carbocycles. The largest absolute Gasteiger partial charge is 0.497 e. The predicted molar refractivity (Wildman–Crippen MR) is 157 cm³/mol. The summed E-state index contributed by atoms with van der Waals surface area (Å²) in [5.41, 5.74) is 3.81. The molecule has 40 heavy (non-hydrogen) atoms. The van der Waals surface area contributed by atoms with Crippen molar-refractivity contribution in [1.29, 1.82) is 0 Å². The summed E-state index contributed by atoms with van der Waals surface area (Å²) < 4.78 is 19.2. The van der Waals surface area contributed by atoms with Gasteiger partial charge in [0.25, 0.3) is 0 Å². The van der Waals surface area contributed by atoms with E-state index in [0.717, 1.165) is 59.1 Å². The van der Waals surface area contributed by atoms with Gasteiger partial charge in [-0.2, -0.15) is 0 Å². The molecule has 0 spiro atoms. The van der Waals surface area contributed by atoms with Crippen molar-refractivity contribution in [1.82, 2.24) is 14.5 Å². The molecule has 4 aromatic rings. The number of aromatic nitrogens is 2. The first-order valence-corrected chi connectivity index (χ1v) is 14.2. The molecule has 1 unspecified atom stereocenters. The van der Waals surface area contributed by atoms with Crippen LogP contribution >= 0.6 is 11.6 Å². The fourth-order valence-corrected chi connectivity index (χ4v) is 5.25. The Hall–Kier alpha value is -3.52. The third kappa shape index (κ3) is 6.61. The highest BCUT2D eigenvalue weighted by molar-refractivity contribution is 6.30. The van der Waals surface area contributed by atoms with Gasteiger partial charge in [0.15, 0.2) is 16.7 Å². The molecular weight excluding hydrogens is 526 g/mol. The number of methoxy groups -OCH3 is 1. The first-order chi connectivity index (χ1) is 19.6. The fraction of sp³-hybridized carbons (Fsp3) is 0.344. The Morgan fingerprint density at radius 1 is 1.00 bits per heavy atom. The molecule has 0 fully saturated rings. The second-order valence-corrected chi connectivity index (χ2v) is 10.3. The van der Waals surface area contributed by atoms with Gasteiger partial charge in [-0.25, -0.2) is 4.98 Å². The zero-order valence-electron chi connectivity index (χ0n) is 23.1. The maximum atomic E-state index is 11.3. The minimum absolute atomic E-state index is 0.386. The molecule has 3 aromatic carbocycles. The molecule has 8 heteroatoms. The zero-order valence-corrected chi connectivity index (χ0v) is 23.8. The molecule has 1 aromatic heterocycles. The maximum Gasteiger partial charge on any atom is 0.161 e. The number of hydrogen-bond donors (Lipinski definition) is 1. The number of rotatable bonds is 12. The fourth-order valence-electron chi connectivity index (χ4n) is 5.01. The van der Waals surface area contributed by atoms with Crippen LogP contribution in [0.15, 0.2) is 72.8 Å². The van der Waals surface area contributed by atoms with Crippen LogP contribution in [0.1, 0.15) is 42.7 Å². The minimum atomic E-state index is -0.730. The quantitative estimate of drug-likeness (QED) is 0.212. The summed E-state index contributed by atoms with van der Waals surface area (Å²) in [6.45, 7) is 5.55. The minimum Gasteiger partial charge on any atom is -0.497 e. The van der Waals surface area contributed by atoms with Gasteiger partial charge in [-0.15, -0.1) is 0 Å². The Kier molecular flexibility index (Phi) is 9.26. The van der Waals surface area contributed by atoms with Gasteiger partial charge in [0, 0.05) is 31.7 Å². The van der Waals surface area contributed by atoms with Gasteiger partial charge in [0.2, 0.25) is 0 Å². The number of unbranched alkanes of at least 4 members (excludes halogenated alkanes) is 1. The van der Waals surface area contributed by atoms with E-state index in [2.05, 4.69) is 28.5 Å². The third-order valence-corrected chi connectivity index (χ3v) is 7.39. The van der Waals surface area contributed by atoms with Gasteiger partial charge in [-0.05, 0) is 41.8 Å². The van der Waals surface area contributed by atoms with Gasteiger partial charge in [0.1, 0.15) is 24.8 Å². The van der Waals surface area contributed by atoms with Crippen LogP contribution in [0.25, 0.3) is 11.4 Å². The van der Waals surface area contributed by atoms with Crippen LogP contribution in [0.3, 0.4) is 0 Å². The Morgan fingerprint density at radius 3 is 2.58 bits per heavy atom. The average molecular weight is 562 g/mol. The summed E-state index contributed by atoms with van der Waals surface area (Å²) in [7, 11) is 1.63. The summed E-state index contributed by atoms with van der Waals surface area (Å²) in [6.07, 6.45) is 1.33. The van der Waals surface area contributed by atoms with Crippen LogP contribution in [-0.4, -0.2) is 46.4 Å². The van der Waals surface area contributed by atoms with Crippen molar-refractivity contribution in [3.05, 3.63) is 94.8 Å². The molecule has 5 rings (SSSR count). The van der Waals surface area contributed by atoms with Gasteiger partial charge in [0.05, 0.1) is 18.9 Å². The predicted octanol–water partition coefficient (Wildman–Crippen LogP) is 6.52. The van der Waals surface area contributed by atoms with Crippen molar-refractivity contribution < 1.29 is 19.3 Å². The van der Waals surface area contributed by atoms with E-state index in [4.69, 9.17) is 30.8 Å². The van der Waals surface area contributed by atoms with Crippen LogP contribution in [-0.2, 0) is 19.6 Å². The molecule has 1 aliphatic heterocycles. The van der Waals surface area contributed by atoms with Crippen LogP contribution in [0.5, 0.6) is 17.2 Å². The van der Waals surface area contributed by atoms with Gasteiger partial charge < -0.3 is 23.9 Å². The van der Waals surface area contributed by atoms with Crippen molar-refractivity contribution in [3.8, 4) is 28.6 Å². The lowest BCUT2D eigenvalue weighted by molar-refractivity contribution is 0.103. The van der Waals surface area contributed by atoms with Crippen molar-refractivity contribution in [2.24, 2.45) is 0 Å². The molecule has 1 atom stereocenters. The zero-order chi connectivity index (χ0) is 27.9. The highest BCUT2D eigenvalue weighted by Crippen LogP contribution is 2.33. The molecule has 210 valence electrons. The van der Waals surface area contributed by atoms with Crippen molar-refractivity contribution in [2.75, 3.05) is 26.9 Å². The highest BCUT2D eigenvalue weighted by Gasteiger charge is 2.23. The number of hydrogen-bond acceptors (Lipinski definition) is 6. The number of nitrogens with zero attached hydrogens (tertiary/aromatic N) is 3. The maximum absolute atomic E-state index is 11.3. The Balaban J connectivity index is 1.47. The van der Waals surface area contributed by atoms with Crippen molar-refractivity contribution in [2.45, 2.75) is 45.5 Å². The monoisotopic (exact) mass is 561 g/mol. The van der Waals surface area contributed by atoms with Gasteiger partial charge in [-0.1, -0.05) is 73.5 Å². The van der Waals surface area contributed by atoms with E-state index in [1.165, 1.54) is 0 Å². The van der Waals surface area contributed by atoms with E-state index in [9.17, 15) is 5.11 Å². The summed E-state index contributed by atoms with van der Waals surface area (Å²) in [4.78, 5) is 7.00. The Morgan fingerprint density at radius 2 is 1.80 bits per heavy atom. The molecule has 0 aliphatic carbocycles. The number of aliphatic hydroxyl groups excluding tert-OH is 1. The molecule has 7 nitrogen and oxygen atoms in total. The van der Waals surface area contributed by atoms with E-state index in [1.807, 2.05) is 60.7 Å². The SMILES string of the molecule is CCCCn1c(-c2ccccc2)nc(Cl)c1CN(Cc1ccc2c(c1)OCCO2)CC(O)c1cccc(OC)c1. The van der Waals surface area contributed by atoms with Crippen LogP contribution < -0.4 is 14.2 Å². The first-order valence-electron chi connectivity index (χ1n) is 13.8. The van der Waals surface area contributed by atoms with Crippen LogP contribution in [0, 0.1) is 0 Å². The number of fused-ring (bicyclic) bond motifs is 1. The number of benzene rings is 3. The average Bonchev–Trinajstić information content (AvgIpc) is 3.30. The third-order valence-electron chi connectivity index (χ3n) is 7.09. The van der Waals surface area contributed by atoms with E-state index in [0.29, 0.717) is 43.8 Å². The smallest absolute Gasteiger partial charge is 0.161 e. The van der Waals surface area contributed by atoms with Crippen LogP contribution in [0.4, 0.5) is 0 Å². The summed E-state index contributed by atoms with van der Waals surface area (Å²) in [5.74, 6) is 3.07. The van der Waals surface area contributed by atoms with Crippen molar-refractivity contribution >= 4 is 11.6 Å². The lowest BCUT2D eigenvalue weighted by atomic mass is 10.1. The molecular formula is C32H36ClN3O4. The molecule has 0 bridgehead atoms. The second kappa shape index (κ2) is 13.2. The summed E-state index contributed by atoms with van der Waals surface area (Å²) >= 11 is 6.84. The van der Waals surface area contributed by atoms with Crippen LogP contribution in [0.2, 0.25) is 5.15 Å². The number of imidazole rings is 1. The Labute approximate surface area is 240 Å². The molecule has 0 saturated heterocycles. The van der Waals surface area contributed by atoms with E-state index in [-0.39, 0.29) is 0 Å². The van der Waals surface area contributed by atoms with Gasteiger partial charge >= 0.3 is 0 Å². The van der Waals surface area contributed by atoms with Crippen molar-refractivity contribution in [3.63, 3.8) is 0 Å². The number of aliphatic hydroxyl groups is 1. The molecule has 1 aliphatic rings. The van der Waals surface area contributed by atoms with E-state index in [1.54, 1.807) is 7.11 Å². The lowest BCUT2D eigenvalue weighted by Gasteiger charge is -2.27. The standard InChI is InChI=1S/C32H36ClN3O4/c1-3-4-15-36-27(31(33)34-32(36)24-9-6-5-7-10-24)21-35(22-28(37)25-11-8-12-26(19-25)38-2)20-23-13-14-29-30(18-23)40-17-16-39-29/h5-14,18-19,28,37H,3-4,15-17,20-22H2,1-2H3. The summed E-state index contributed by atoms with van der Waals surface area (Å²) in [5, 5.41) is 11.8. The topological polar surface area (TPSA) is 69.0 Å². The van der Waals surface area contributed by atoms with Gasteiger partial charge in [-0.3, -0.25) is 4.90 Å². The second-order valence-electron chi connectivity index (χ2n) is 9.98. The molecule has 0 amide bonds. The normalized spacial score (nSPS) is 13.4. The molecule has 0 radical (unpaired) electrons. The summed E-state index contributed by atoms with van der Waals surface area (Å²) in [6, 6.07) is 23.7. The number of halogens is 1. The Bertz CT molecular complexity index is 1410. The van der Waals surface area contributed by atoms with E-state index < -0.39 is 6.10 Å². The molecule has 2 heterocycles. The van der Waals surface area contributed by atoms with E-state index >= 15 is 0 Å². The number of ether oxygens (including phenoxy) is 3.